The van der Waals surface area contributed by atoms with Gasteiger partial charge in [0.05, 0.1) is 5.92 Å². The fraction of sp³-hybridized carbons (Fsp3) is 0.538. The predicted octanol–water partition coefficient (Wildman–Crippen LogP) is 1.51. The topological polar surface area (TPSA) is 92.4 Å². The van der Waals surface area contributed by atoms with Crippen molar-refractivity contribution in [2.75, 3.05) is 0 Å². The number of nitrogens with one attached hydrogen (secondary N) is 1. The molecule has 0 aromatic carbocycles. The van der Waals surface area contributed by atoms with Crippen molar-refractivity contribution in [3.05, 3.63) is 22.4 Å². The Hall–Kier alpha value is -1.40. The molecule has 3 unspecified atom stereocenters. The van der Waals surface area contributed by atoms with Crippen molar-refractivity contribution >= 4 is 23.2 Å². The molecule has 1 fully saturated rings. The fourth-order valence-corrected chi connectivity index (χ4v) is 3.19. The van der Waals surface area contributed by atoms with Gasteiger partial charge in [-0.25, -0.2) is 0 Å². The van der Waals surface area contributed by atoms with Crippen LogP contribution in [0.15, 0.2) is 17.5 Å². The molecule has 0 aliphatic heterocycles. The molecule has 0 bridgehead atoms. The Kier molecular flexibility index (Phi) is 4.55. The highest BCUT2D eigenvalue weighted by molar-refractivity contribution is 7.10. The average molecular weight is 282 g/mol. The number of aliphatic carboxylic acids is 1. The Morgan fingerprint density at radius 1 is 1.42 bits per heavy atom. The molecule has 5 nitrogen and oxygen atoms in total. The van der Waals surface area contributed by atoms with Gasteiger partial charge in [0.1, 0.15) is 6.04 Å². The number of carbonyl (C=O) groups is 2. The monoisotopic (exact) mass is 282 g/mol. The smallest absolute Gasteiger partial charge is 0.308 e. The lowest BCUT2D eigenvalue weighted by Crippen LogP contribution is -2.47. The summed E-state index contributed by atoms with van der Waals surface area (Å²) in [5.74, 6) is -1.62. The lowest BCUT2D eigenvalue weighted by atomic mass is 9.84. The molecule has 19 heavy (non-hydrogen) atoms. The van der Waals surface area contributed by atoms with E-state index in [1.807, 2.05) is 17.5 Å². The van der Waals surface area contributed by atoms with Crippen LogP contribution in [0.1, 0.15) is 36.6 Å². The average Bonchev–Trinajstić information content (AvgIpc) is 2.92. The first-order valence-electron chi connectivity index (χ1n) is 6.41. The summed E-state index contributed by atoms with van der Waals surface area (Å²) in [6.45, 7) is 0. The summed E-state index contributed by atoms with van der Waals surface area (Å²) in [7, 11) is 0. The molecule has 1 aliphatic carbocycles. The summed E-state index contributed by atoms with van der Waals surface area (Å²) in [5.41, 5.74) is 5.87. The molecule has 1 heterocycles. The number of thiophene rings is 1. The molecule has 1 saturated carbocycles. The van der Waals surface area contributed by atoms with E-state index >= 15 is 0 Å². The maximum absolute atomic E-state index is 12.1. The molecule has 0 spiro atoms. The lowest BCUT2D eigenvalue weighted by molar-refractivity contribution is -0.144. The van der Waals surface area contributed by atoms with Crippen molar-refractivity contribution in [3.63, 3.8) is 0 Å². The van der Waals surface area contributed by atoms with Gasteiger partial charge < -0.3 is 16.2 Å². The van der Waals surface area contributed by atoms with Gasteiger partial charge in [0.25, 0.3) is 0 Å². The van der Waals surface area contributed by atoms with E-state index in [9.17, 15) is 9.59 Å². The van der Waals surface area contributed by atoms with Crippen LogP contribution in [0.3, 0.4) is 0 Å². The van der Waals surface area contributed by atoms with E-state index in [4.69, 9.17) is 10.8 Å². The SMILES string of the molecule is NC(C(=O)NC1CCCCC1C(=O)O)c1cccs1. The second kappa shape index (κ2) is 6.16. The number of hydrogen-bond acceptors (Lipinski definition) is 4. The molecule has 3 atom stereocenters. The second-order valence-electron chi connectivity index (χ2n) is 4.84. The number of carbonyl (C=O) groups excluding carboxylic acids is 1. The van der Waals surface area contributed by atoms with E-state index in [0.717, 1.165) is 17.7 Å². The third kappa shape index (κ3) is 3.33. The van der Waals surface area contributed by atoms with Crippen LogP contribution in [-0.4, -0.2) is 23.0 Å². The number of carboxylic acid groups (broad SMARTS) is 1. The zero-order valence-corrected chi connectivity index (χ0v) is 11.4. The maximum atomic E-state index is 12.1. The normalized spacial score (nSPS) is 24.7. The molecule has 1 amide bonds. The first-order valence-corrected chi connectivity index (χ1v) is 7.29. The number of hydrogen-bond donors (Lipinski definition) is 3. The first kappa shape index (κ1) is 14.0. The predicted molar refractivity (Wildman–Crippen MR) is 72.8 cm³/mol. The lowest BCUT2D eigenvalue weighted by Gasteiger charge is -2.30. The van der Waals surface area contributed by atoms with Crippen LogP contribution in [0.4, 0.5) is 0 Å². The van der Waals surface area contributed by atoms with Crippen molar-refractivity contribution in [3.8, 4) is 0 Å². The third-order valence-corrected chi connectivity index (χ3v) is 4.50. The minimum Gasteiger partial charge on any atom is -0.481 e. The fourth-order valence-electron chi connectivity index (χ4n) is 2.47. The maximum Gasteiger partial charge on any atom is 0.308 e. The highest BCUT2D eigenvalue weighted by atomic mass is 32.1. The van der Waals surface area contributed by atoms with Crippen LogP contribution in [0.5, 0.6) is 0 Å². The van der Waals surface area contributed by atoms with E-state index < -0.39 is 17.9 Å². The van der Waals surface area contributed by atoms with Crippen LogP contribution >= 0.6 is 11.3 Å². The minimum atomic E-state index is -0.838. The Bertz CT molecular complexity index is 447. The van der Waals surface area contributed by atoms with Gasteiger partial charge in [-0.1, -0.05) is 18.9 Å². The van der Waals surface area contributed by atoms with Crippen molar-refractivity contribution < 1.29 is 14.7 Å². The summed E-state index contributed by atoms with van der Waals surface area (Å²) in [5, 5.41) is 13.8. The van der Waals surface area contributed by atoms with Gasteiger partial charge in [0.2, 0.25) is 5.91 Å². The molecule has 0 radical (unpaired) electrons. The Morgan fingerprint density at radius 3 is 2.79 bits per heavy atom. The summed E-state index contributed by atoms with van der Waals surface area (Å²) < 4.78 is 0. The van der Waals surface area contributed by atoms with Crippen molar-refractivity contribution in [2.24, 2.45) is 11.7 Å². The zero-order chi connectivity index (χ0) is 13.8. The van der Waals surface area contributed by atoms with Gasteiger partial charge in [0, 0.05) is 10.9 Å². The largest absolute Gasteiger partial charge is 0.481 e. The van der Waals surface area contributed by atoms with Crippen LogP contribution in [0.25, 0.3) is 0 Å². The molecule has 1 aromatic rings. The van der Waals surface area contributed by atoms with Crippen LogP contribution in [0.2, 0.25) is 0 Å². The second-order valence-corrected chi connectivity index (χ2v) is 5.82. The number of amides is 1. The Morgan fingerprint density at radius 2 is 2.16 bits per heavy atom. The summed E-state index contributed by atoms with van der Waals surface area (Å²) in [4.78, 5) is 24.0. The summed E-state index contributed by atoms with van der Waals surface area (Å²) in [6.07, 6.45) is 3.18. The molecule has 4 N–H and O–H groups in total. The molecule has 104 valence electrons. The van der Waals surface area contributed by atoms with Crippen LogP contribution in [-0.2, 0) is 9.59 Å². The van der Waals surface area contributed by atoms with E-state index in [1.54, 1.807) is 0 Å². The van der Waals surface area contributed by atoms with E-state index in [-0.39, 0.29) is 11.9 Å². The standard InChI is InChI=1S/C13H18N2O3S/c14-11(10-6-3-7-19-10)12(16)15-9-5-2-1-4-8(9)13(17)18/h3,6-9,11H,1-2,4-5,14H2,(H,15,16)(H,17,18). The molecule has 1 aromatic heterocycles. The van der Waals surface area contributed by atoms with E-state index in [1.165, 1.54) is 11.3 Å². The van der Waals surface area contributed by atoms with Gasteiger partial charge in [-0.15, -0.1) is 11.3 Å². The van der Waals surface area contributed by atoms with E-state index in [0.29, 0.717) is 12.8 Å². The van der Waals surface area contributed by atoms with Gasteiger partial charge >= 0.3 is 5.97 Å². The van der Waals surface area contributed by atoms with Gasteiger partial charge in [0.15, 0.2) is 0 Å². The molecular formula is C13H18N2O3S. The first-order chi connectivity index (χ1) is 9.09. The number of nitrogens with two attached hydrogens (primary N) is 1. The Labute approximate surface area is 115 Å². The van der Waals surface area contributed by atoms with Crippen LogP contribution < -0.4 is 11.1 Å². The number of rotatable bonds is 4. The van der Waals surface area contributed by atoms with Crippen molar-refractivity contribution in [1.29, 1.82) is 0 Å². The highest BCUT2D eigenvalue weighted by Crippen LogP contribution is 2.25. The quantitative estimate of drug-likeness (QED) is 0.780. The van der Waals surface area contributed by atoms with Gasteiger partial charge in [-0.2, -0.15) is 0 Å². The highest BCUT2D eigenvalue weighted by Gasteiger charge is 2.33. The zero-order valence-electron chi connectivity index (χ0n) is 10.5. The van der Waals surface area contributed by atoms with Crippen LogP contribution in [0, 0.1) is 5.92 Å². The minimum absolute atomic E-state index is 0.291. The van der Waals surface area contributed by atoms with Crippen molar-refractivity contribution in [1.82, 2.24) is 5.32 Å². The number of carboxylic acids is 1. The summed E-state index contributed by atoms with van der Waals surface area (Å²) in [6, 6.07) is 2.64. The molecule has 0 saturated heterocycles. The van der Waals surface area contributed by atoms with Gasteiger partial charge in [-0.3, -0.25) is 9.59 Å². The summed E-state index contributed by atoms with van der Waals surface area (Å²) >= 11 is 1.43. The molecule has 1 aliphatic rings. The van der Waals surface area contributed by atoms with Crippen molar-refractivity contribution in [2.45, 2.75) is 37.8 Å². The van der Waals surface area contributed by atoms with Gasteiger partial charge in [-0.05, 0) is 24.3 Å². The van der Waals surface area contributed by atoms with E-state index in [2.05, 4.69) is 5.32 Å². The molecular weight excluding hydrogens is 264 g/mol. The Balaban J connectivity index is 1.99. The molecule has 2 rings (SSSR count). The molecule has 6 heteroatoms. The third-order valence-electron chi connectivity index (χ3n) is 3.54.